The zero-order chi connectivity index (χ0) is 15.5. The van der Waals surface area contributed by atoms with Crippen LogP contribution in [0.25, 0.3) is 11.4 Å². The van der Waals surface area contributed by atoms with E-state index >= 15 is 0 Å². The minimum atomic E-state index is -0.462. The van der Waals surface area contributed by atoms with Gasteiger partial charge in [0.15, 0.2) is 0 Å². The fraction of sp³-hybridized carbons (Fsp3) is 0.385. The molecule has 0 aliphatic rings. The second-order valence-corrected chi connectivity index (χ2v) is 5.72. The van der Waals surface area contributed by atoms with Gasteiger partial charge in [-0.25, -0.2) is 0 Å². The zero-order valence-corrected chi connectivity index (χ0v) is 13.9. The third-order valence-corrected chi connectivity index (χ3v) is 3.08. The number of halogens is 2. The molecule has 0 aliphatic heterocycles. The highest BCUT2D eigenvalue weighted by atomic mass is 35.5. The minimum Gasteiger partial charge on any atom is -0.348 e. The molecule has 0 radical (unpaired) electrons. The quantitative estimate of drug-likeness (QED) is 0.850. The predicted molar refractivity (Wildman–Crippen MR) is 86.8 cm³/mol. The lowest BCUT2D eigenvalue weighted by Crippen LogP contribution is -2.50. The number of benzene rings is 1. The Kier molecular flexibility index (Phi) is 6.28. The number of aromatic nitrogens is 4. The van der Waals surface area contributed by atoms with Crippen molar-refractivity contribution in [2.24, 2.45) is 5.73 Å². The van der Waals surface area contributed by atoms with Crippen LogP contribution in [0, 0.1) is 0 Å². The largest absolute Gasteiger partial charge is 0.348 e. The van der Waals surface area contributed by atoms with Gasteiger partial charge in [0.1, 0.15) is 6.54 Å². The van der Waals surface area contributed by atoms with E-state index in [0.29, 0.717) is 17.4 Å². The molecule has 0 saturated heterocycles. The molecule has 0 atom stereocenters. The highest BCUT2D eigenvalue weighted by Gasteiger charge is 2.19. The van der Waals surface area contributed by atoms with Crippen LogP contribution >= 0.6 is 24.0 Å². The van der Waals surface area contributed by atoms with E-state index in [-0.39, 0.29) is 24.9 Å². The molecule has 0 aliphatic carbocycles. The molecule has 120 valence electrons. The molecule has 0 bridgehead atoms. The molecule has 0 saturated carbocycles. The summed E-state index contributed by atoms with van der Waals surface area (Å²) in [6, 6.07) is 7.07. The molecule has 2 aromatic rings. The van der Waals surface area contributed by atoms with Gasteiger partial charge in [-0.15, -0.1) is 22.6 Å². The number of rotatable bonds is 5. The van der Waals surface area contributed by atoms with Crippen LogP contribution in [0.5, 0.6) is 0 Å². The van der Waals surface area contributed by atoms with E-state index in [1.807, 2.05) is 13.8 Å². The smallest absolute Gasteiger partial charge is 0.244 e. The van der Waals surface area contributed by atoms with Gasteiger partial charge in [-0.3, -0.25) is 4.79 Å². The molecule has 1 aromatic carbocycles. The molecule has 1 heterocycles. The predicted octanol–water partition coefficient (Wildman–Crippen LogP) is 1.27. The molecule has 9 heteroatoms. The van der Waals surface area contributed by atoms with Gasteiger partial charge in [0.2, 0.25) is 11.7 Å². The second kappa shape index (κ2) is 7.53. The van der Waals surface area contributed by atoms with Crippen LogP contribution in [-0.4, -0.2) is 38.2 Å². The van der Waals surface area contributed by atoms with Gasteiger partial charge in [-0.05, 0) is 43.3 Å². The van der Waals surface area contributed by atoms with E-state index in [0.717, 1.165) is 5.56 Å². The first-order valence-electron chi connectivity index (χ1n) is 6.44. The lowest BCUT2D eigenvalue weighted by Gasteiger charge is -2.23. The number of hydrogen-bond acceptors (Lipinski definition) is 5. The monoisotopic (exact) mass is 344 g/mol. The van der Waals surface area contributed by atoms with E-state index in [9.17, 15) is 4.79 Å². The highest BCUT2D eigenvalue weighted by Crippen LogP contribution is 2.16. The third-order valence-electron chi connectivity index (χ3n) is 2.83. The van der Waals surface area contributed by atoms with Crippen LogP contribution in [0.15, 0.2) is 24.3 Å². The van der Waals surface area contributed by atoms with E-state index in [1.165, 1.54) is 4.80 Å². The number of amides is 1. The van der Waals surface area contributed by atoms with Crippen LogP contribution in [0.3, 0.4) is 0 Å². The molecule has 0 fully saturated rings. The second-order valence-electron chi connectivity index (χ2n) is 5.29. The third kappa shape index (κ3) is 4.94. The van der Waals surface area contributed by atoms with Gasteiger partial charge in [-0.1, -0.05) is 11.6 Å². The number of tetrazole rings is 1. The van der Waals surface area contributed by atoms with Crippen LogP contribution in [0.1, 0.15) is 13.8 Å². The molecule has 1 amide bonds. The van der Waals surface area contributed by atoms with Crippen molar-refractivity contribution in [3.63, 3.8) is 0 Å². The first kappa shape index (κ1) is 18.3. The maximum atomic E-state index is 11.9. The van der Waals surface area contributed by atoms with Crippen molar-refractivity contribution in [3.05, 3.63) is 29.3 Å². The average Bonchev–Trinajstić information content (AvgIpc) is 2.87. The highest BCUT2D eigenvalue weighted by molar-refractivity contribution is 6.30. The molecule has 1 aromatic heterocycles. The Bertz CT molecular complexity index is 626. The molecular formula is C13H18Cl2N6O. The van der Waals surface area contributed by atoms with Crippen molar-refractivity contribution >= 4 is 29.9 Å². The summed E-state index contributed by atoms with van der Waals surface area (Å²) in [7, 11) is 0. The summed E-state index contributed by atoms with van der Waals surface area (Å²) in [5.74, 6) is 0.225. The Morgan fingerprint density at radius 2 is 2.00 bits per heavy atom. The van der Waals surface area contributed by atoms with Crippen molar-refractivity contribution in [3.8, 4) is 11.4 Å². The fourth-order valence-corrected chi connectivity index (χ4v) is 1.75. The molecule has 0 spiro atoms. The Balaban J connectivity index is 0.00000242. The minimum absolute atomic E-state index is 0. The van der Waals surface area contributed by atoms with Crippen LogP contribution < -0.4 is 11.1 Å². The van der Waals surface area contributed by atoms with Crippen molar-refractivity contribution < 1.29 is 4.79 Å². The van der Waals surface area contributed by atoms with Gasteiger partial charge in [0, 0.05) is 22.7 Å². The first-order valence-corrected chi connectivity index (χ1v) is 6.82. The van der Waals surface area contributed by atoms with E-state index in [1.54, 1.807) is 24.3 Å². The summed E-state index contributed by atoms with van der Waals surface area (Å²) in [5.41, 5.74) is 5.89. The average molecular weight is 345 g/mol. The van der Waals surface area contributed by atoms with E-state index in [4.69, 9.17) is 17.3 Å². The zero-order valence-electron chi connectivity index (χ0n) is 12.3. The number of hydrogen-bond donors (Lipinski definition) is 2. The fourth-order valence-electron chi connectivity index (χ4n) is 1.62. The summed E-state index contributed by atoms with van der Waals surface area (Å²) < 4.78 is 0. The number of carbonyl (C=O) groups is 1. The van der Waals surface area contributed by atoms with Crippen molar-refractivity contribution in [1.82, 2.24) is 25.5 Å². The summed E-state index contributed by atoms with van der Waals surface area (Å²) in [6.45, 7) is 4.03. The lowest BCUT2D eigenvalue weighted by atomic mass is 10.1. The van der Waals surface area contributed by atoms with Crippen LogP contribution in [-0.2, 0) is 11.3 Å². The maximum absolute atomic E-state index is 11.9. The summed E-state index contributed by atoms with van der Waals surface area (Å²) in [4.78, 5) is 13.1. The molecule has 3 N–H and O–H groups in total. The van der Waals surface area contributed by atoms with Crippen molar-refractivity contribution in [2.75, 3.05) is 6.54 Å². The number of carbonyl (C=O) groups excluding carboxylic acids is 1. The number of nitrogens with one attached hydrogen (secondary N) is 1. The molecule has 7 nitrogen and oxygen atoms in total. The van der Waals surface area contributed by atoms with Crippen molar-refractivity contribution in [2.45, 2.75) is 25.9 Å². The summed E-state index contributed by atoms with van der Waals surface area (Å²) in [5, 5.41) is 15.4. The standard InChI is InChI=1S/C13H17ClN6O.ClH/c1-13(2,8-15)16-11(21)7-20-18-12(17-19-20)9-3-5-10(14)6-4-9;/h3-6H,7-8,15H2,1-2H3,(H,16,21);1H. The SMILES string of the molecule is CC(C)(CN)NC(=O)Cn1nnc(-c2ccc(Cl)cc2)n1.Cl. The van der Waals surface area contributed by atoms with E-state index < -0.39 is 5.54 Å². The Morgan fingerprint density at radius 1 is 1.36 bits per heavy atom. The molecule has 2 rings (SSSR count). The van der Waals surface area contributed by atoms with Crippen LogP contribution in [0.4, 0.5) is 0 Å². The summed E-state index contributed by atoms with van der Waals surface area (Å²) in [6.07, 6.45) is 0. The first-order chi connectivity index (χ1) is 9.89. The molecule has 0 unspecified atom stereocenters. The number of nitrogens with zero attached hydrogens (tertiary/aromatic N) is 4. The Hall–Kier alpha value is -1.70. The van der Waals surface area contributed by atoms with E-state index in [2.05, 4.69) is 20.7 Å². The topological polar surface area (TPSA) is 98.7 Å². The normalized spacial score (nSPS) is 10.9. The maximum Gasteiger partial charge on any atom is 0.244 e. The Labute approximate surface area is 139 Å². The van der Waals surface area contributed by atoms with Gasteiger partial charge in [-0.2, -0.15) is 4.80 Å². The lowest BCUT2D eigenvalue weighted by molar-refractivity contribution is -0.123. The van der Waals surface area contributed by atoms with Gasteiger partial charge >= 0.3 is 0 Å². The van der Waals surface area contributed by atoms with Gasteiger partial charge < -0.3 is 11.1 Å². The van der Waals surface area contributed by atoms with Gasteiger partial charge in [0.05, 0.1) is 0 Å². The van der Waals surface area contributed by atoms with Crippen molar-refractivity contribution in [1.29, 1.82) is 0 Å². The molecular weight excluding hydrogens is 327 g/mol. The summed E-state index contributed by atoms with van der Waals surface area (Å²) >= 11 is 5.82. The number of nitrogens with two attached hydrogens (primary N) is 1. The molecule has 22 heavy (non-hydrogen) atoms. The van der Waals surface area contributed by atoms with Crippen LogP contribution in [0.2, 0.25) is 5.02 Å². The van der Waals surface area contributed by atoms with Gasteiger partial charge in [0.25, 0.3) is 0 Å². The Morgan fingerprint density at radius 3 is 2.59 bits per heavy atom.